The van der Waals surface area contributed by atoms with Crippen LogP contribution in [-0.2, 0) is 12.8 Å². The first-order valence-electron chi connectivity index (χ1n) is 12.3. The third-order valence-corrected chi connectivity index (χ3v) is 6.62. The van der Waals surface area contributed by atoms with Crippen molar-refractivity contribution in [1.82, 2.24) is 9.80 Å². The predicted molar refractivity (Wildman–Crippen MR) is 130 cm³/mol. The van der Waals surface area contributed by atoms with Crippen LogP contribution in [-0.4, -0.2) is 63.9 Å². The maximum Gasteiger partial charge on any atom is 0.157 e. The lowest BCUT2D eigenvalue weighted by atomic mass is 10.0. The number of hydrogen-bond acceptors (Lipinski definition) is 5. The van der Waals surface area contributed by atoms with Crippen LogP contribution in [0.25, 0.3) is 0 Å². The minimum atomic E-state index is -0.0442. The minimum absolute atomic E-state index is 0.0194. The van der Waals surface area contributed by atoms with Gasteiger partial charge in [-0.2, -0.15) is 0 Å². The molecule has 0 aromatic heterocycles. The Kier molecular flexibility index (Phi) is 9.69. The van der Waals surface area contributed by atoms with Crippen LogP contribution < -0.4 is 0 Å². The molecule has 5 heteroatoms. The van der Waals surface area contributed by atoms with Gasteiger partial charge in [-0.25, -0.2) is 0 Å². The molecule has 1 heterocycles. The lowest BCUT2D eigenvalue weighted by Crippen LogP contribution is -2.32. The fourth-order valence-corrected chi connectivity index (χ4v) is 4.82. The van der Waals surface area contributed by atoms with Crippen molar-refractivity contribution in [2.45, 2.75) is 64.3 Å². The van der Waals surface area contributed by atoms with E-state index in [4.69, 9.17) is 0 Å². The van der Waals surface area contributed by atoms with E-state index < -0.39 is 0 Å². The van der Waals surface area contributed by atoms with Gasteiger partial charge in [-0.1, -0.05) is 31.5 Å². The number of aromatic hydroxyl groups is 3. The molecule has 0 amide bonds. The summed E-state index contributed by atoms with van der Waals surface area (Å²) in [6, 6.07) is 13.3. The molecule has 32 heavy (non-hydrogen) atoms. The topological polar surface area (TPSA) is 67.2 Å². The van der Waals surface area contributed by atoms with Crippen LogP contribution in [0, 0.1) is 0 Å². The van der Waals surface area contributed by atoms with Crippen LogP contribution in [0.2, 0.25) is 0 Å². The number of nitrogens with zero attached hydrogens (tertiary/aromatic N) is 2. The summed E-state index contributed by atoms with van der Waals surface area (Å²) in [5.41, 5.74) is 2.38. The van der Waals surface area contributed by atoms with E-state index >= 15 is 0 Å². The van der Waals surface area contributed by atoms with Crippen LogP contribution in [0.5, 0.6) is 17.2 Å². The Morgan fingerprint density at radius 2 is 1.66 bits per heavy atom. The van der Waals surface area contributed by atoms with E-state index in [0.29, 0.717) is 11.8 Å². The van der Waals surface area contributed by atoms with E-state index in [1.54, 1.807) is 24.3 Å². The fraction of sp³-hybridized carbons (Fsp3) is 0.556. The Labute approximate surface area is 193 Å². The SMILES string of the molecule is CCCN(CCCCCN1CCCC1Cc1ccc(O)c(O)c1)CCc1ccc(O)cc1. The zero-order valence-electron chi connectivity index (χ0n) is 19.5. The van der Waals surface area contributed by atoms with Crippen molar-refractivity contribution in [2.24, 2.45) is 0 Å². The fourth-order valence-electron chi connectivity index (χ4n) is 4.82. The molecule has 3 rings (SSSR count). The molecule has 1 aliphatic heterocycles. The molecule has 1 saturated heterocycles. The van der Waals surface area contributed by atoms with E-state index in [0.717, 1.165) is 44.6 Å². The first kappa shape index (κ1) is 24.4. The van der Waals surface area contributed by atoms with Crippen molar-refractivity contribution in [1.29, 1.82) is 0 Å². The summed E-state index contributed by atoms with van der Waals surface area (Å²) in [6.45, 7) is 7.94. The summed E-state index contributed by atoms with van der Waals surface area (Å²) in [6.07, 6.45) is 9.33. The second-order valence-corrected chi connectivity index (χ2v) is 9.18. The average Bonchev–Trinajstić information content (AvgIpc) is 3.22. The van der Waals surface area contributed by atoms with Gasteiger partial charge in [0.05, 0.1) is 0 Å². The largest absolute Gasteiger partial charge is 0.508 e. The molecule has 1 aliphatic rings. The maximum atomic E-state index is 9.76. The number of likely N-dealkylation sites (tertiary alicyclic amines) is 1. The van der Waals surface area contributed by atoms with E-state index in [1.165, 1.54) is 50.6 Å². The number of phenolic OH excluding ortho intramolecular Hbond substituents is 3. The van der Waals surface area contributed by atoms with Crippen LogP contribution in [0.15, 0.2) is 42.5 Å². The molecular weight excluding hydrogens is 400 g/mol. The Hall–Kier alpha value is -2.24. The van der Waals surface area contributed by atoms with Gasteiger partial charge in [-0.3, -0.25) is 0 Å². The lowest BCUT2D eigenvalue weighted by molar-refractivity contribution is 0.238. The van der Waals surface area contributed by atoms with E-state index in [-0.39, 0.29) is 11.5 Å². The van der Waals surface area contributed by atoms with Gasteiger partial charge in [0, 0.05) is 12.6 Å². The van der Waals surface area contributed by atoms with Gasteiger partial charge in [0.15, 0.2) is 11.5 Å². The van der Waals surface area contributed by atoms with Crippen LogP contribution in [0.4, 0.5) is 0 Å². The van der Waals surface area contributed by atoms with E-state index in [1.807, 2.05) is 18.2 Å². The zero-order valence-corrected chi connectivity index (χ0v) is 19.5. The molecule has 3 N–H and O–H groups in total. The standard InChI is InChI=1S/C27H40N2O3/c1-2-15-28(19-14-22-8-11-25(30)12-9-22)16-4-3-5-17-29-18-6-7-24(29)20-23-10-13-26(31)27(32)21-23/h8-13,21,24,30-32H,2-7,14-20H2,1H3. The molecule has 1 fully saturated rings. The van der Waals surface area contributed by atoms with Crippen molar-refractivity contribution in [3.05, 3.63) is 53.6 Å². The van der Waals surface area contributed by atoms with Crippen molar-refractivity contribution in [3.63, 3.8) is 0 Å². The minimum Gasteiger partial charge on any atom is -0.508 e. The van der Waals surface area contributed by atoms with Crippen LogP contribution in [0.3, 0.4) is 0 Å². The monoisotopic (exact) mass is 440 g/mol. The Morgan fingerprint density at radius 3 is 2.41 bits per heavy atom. The molecule has 1 atom stereocenters. The molecule has 0 spiro atoms. The summed E-state index contributed by atoms with van der Waals surface area (Å²) in [4.78, 5) is 5.18. The summed E-state index contributed by atoms with van der Waals surface area (Å²) in [5, 5.41) is 28.7. The molecule has 2 aromatic rings. The highest BCUT2D eigenvalue weighted by molar-refractivity contribution is 5.40. The van der Waals surface area contributed by atoms with Gasteiger partial charge in [-0.15, -0.1) is 0 Å². The van der Waals surface area contributed by atoms with Gasteiger partial charge >= 0.3 is 0 Å². The van der Waals surface area contributed by atoms with Crippen molar-refractivity contribution in [2.75, 3.05) is 32.7 Å². The molecule has 1 unspecified atom stereocenters. The Balaban J connectivity index is 1.35. The molecular formula is C27H40N2O3. The number of benzene rings is 2. The summed E-state index contributed by atoms with van der Waals surface area (Å²) < 4.78 is 0. The summed E-state index contributed by atoms with van der Waals surface area (Å²) >= 11 is 0. The maximum absolute atomic E-state index is 9.76. The second-order valence-electron chi connectivity index (χ2n) is 9.18. The summed E-state index contributed by atoms with van der Waals surface area (Å²) in [7, 11) is 0. The van der Waals surface area contributed by atoms with Gasteiger partial charge in [0.1, 0.15) is 5.75 Å². The van der Waals surface area contributed by atoms with Crippen molar-refractivity contribution < 1.29 is 15.3 Å². The molecule has 176 valence electrons. The number of unbranched alkanes of at least 4 members (excludes halogenated alkanes) is 2. The van der Waals surface area contributed by atoms with Gasteiger partial charge in [0.2, 0.25) is 0 Å². The van der Waals surface area contributed by atoms with Gasteiger partial charge in [-0.05, 0) is 107 Å². The molecule has 0 aliphatic carbocycles. The second kappa shape index (κ2) is 12.7. The highest BCUT2D eigenvalue weighted by Crippen LogP contribution is 2.28. The van der Waals surface area contributed by atoms with E-state index in [9.17, 15) is 15.3 Å². The Morgan fingerprint density at radius 1 is 0.875 bits per heavy atom. The predicted octanol–water partition coefficient (Wildman–Crippen LogP) is 4.94. The molecule has 0 bridgehead atoms. The lowest BCUT2D eigenvalue weighted by Gasteiger charge is -2.25. The van der Waals surface area contributed by atoms with Crippen molar-refractivity contribution in [3.8, 4) is 17.2 Å². The first-order chi connectivity index (χ1) is 15.5. The van der Waals surface area contributed by atoms with Crippen molar-refractivity contribution >= 4 is 0 Å². The number of hydrogen-bond donors (Lipinski definition) is 3. The molecule has 0 saturated carbocycles. The zero-order chi connectivity index (χ0) is 22.8. The third-order valence-electron chi connectivity index (χ3n) is 6.62. The van der Waals surface area contributed by atoms with Gasteiger partial charge < -0.3 is 25.1 Å². The normalized spacial score (nSPS) is 16.8. The summed E-state index contributed by atoms with van der Waals surface area (Å²) in [5.74, 6) is 0.270. The van der Waals surface area contributed by atoms with Crippen LogP contribution >= 0.6 is 0 Å². The number of phenols is 3. The number of rotatable bonds is 13. The molecule has 5 nitrogen and oxygen atoms in total. The smallest absolute Gasteiger partial charge is 0.157 e. The molecule has 0 radical (unpaired) electrons. The van der Waals surface area contributed by atoms with E-state index in [2.05, 4.69) is 16.7 Å². The van der Waals surface area contributed by atoms with Gasteiger partial charge in [0.25, 0.3) is 0 Å². The highest BCUT2D eigenvalue weighted by Gasteiger charge is 2.24. The third kappa shape index (κ3) is 7.72. The highest BCUT2D eigenvalue weighted by atomic mass is 16.3. The Bertz CT molecular complexity index is 809. The average molecular weight is 441 g/mol. The molecule has 2 aromatic carbocycles. The van der Waals surface area contributed by atoms with Crippen LogP contribution in [0.1, 0.15) is 56.6 Å². The quantitative estimate of drug-likeness (QED) is 0.304. The first-order valence-corrected chi connectivity index (χ1v) is 12.3.